The number of carboxylic acids is 3. The maximum atomic E-state index is 13.5. The predicted molar refractivity (Wildman–Crippen MR) is 382 cm³/mol. The Balaban J connectivity index is 0.000000390. The Morgan fingerprint density at radius 1 is 0.456 bits per heavy atom. The number of aromatic nitrogens is 6. The lowest BCUT2D eigenvalue weighted by molar-refractivity contribution is -0.309. The quantitative estimate of drug-likeness (QED) is 0.0287. The van der Waals surface area contributed by atoms with Gasteiger partial charge >= 0.3 is 5.97 Å². The molecule has 6 aromatic rings. The lowest BCUT2D eigenvalue weighted by Gasteiger charge is -2.20. The average molecular weight is 1500 g/mol. The molecule has 3 aromatic carbocycles. The van der Waals surface area contributed by atoms with Crippen molar-refractivity contribution in [3.8, 4) is 33.8 Å². The zero-order chi connectivity index (χ0) is 78.2. The number of carbonyl (C=O) groups excluding carboxylic acids is 2. The molecular formula is C69H91F3N10O18S3-2. The molecule has 0 saturated carbocycles. The van der Waals surface area contributed by atoms with Crippen molar-refractivity contribution in [3.63, 3.8) is 0 Å². The minimum absolute atomic E-state index is 0.0601. The maximum absolute atomic E-state index is 13.5. The van der Waals surface area contributed by atoms with E-state index in [0.717, 1.165) is 44.6 Å². The fraction of sp³-hybridized carbons (Fsp3) is 0.435. The van der Waals surface area contributed by atoms with Crippen LogP contribution < -0.4 is 28.9 Å². The number of anilines is 3. The number of halogens is 3. The third-order valence-corrected chi connectivity index (χ3v) is 18.2. The molecule has 0 aliphatic carbocycles. The first-order valence-electron chi connectivity index (χ1n) is 32.1. The van der Waals surface area contributed by atoms with Crippen LogP contribution in [0.2, 0.25) is 0 Å². The van der Waals surface area contributed by atoms with Crippen LogP contribution >= 0.6 is 0 Å². The molecule has 0 bridgehead atoms. The minimum Gasteiger partial charge on any atom is -0.550 e. The van der Waals surface area contributed by atoms with Crippen LogP contribution in [0.3, 0.4) is 0 Å². The molecule has 3 heterocycles. The van der Waals surface area contributed by atoms with Crippen LogP contribution in [0, 0.1) is 17.5 Å². The second-order valence-electron chi connectivity index (χ2n) is 24.7. The van der Waals surface area contributed by atoms with E-state index < -0.39 is 121 Å². The summed E-state index contributed by atoms with van der Waals surface area (Å²) < 4.78 is 116. The summed E-state index contributed by atoms with van der Waals surface area (Å²) in [6.07, 6.45) is 3.11. The van der Waals surface area contributed by atoms with Crippen molar-refractivity contribution in [1.29, 1.82) is 0 Å². The molecule has 0 radical (unpaired) electrons. The van der Waals surface area contributed by atoms with Gasteiger partial charge in [-0.15, -0.1) is 0 Å². The molecule has 9 N–H and O–H groups in total. The van der Waals surface area contributed by atoms with Gasteiger partial charge in [0.15, 0.2) is 0 Å². The van der Waals surface area contributed by atoms with Gasteiger partial charge in [-0.1, -0.05) is 84.9 Å². The van der Waals surface area contributed by atoms with Crippen LogP contribution in [0.5, 0.6) is 0 Å². The van der Waals surface area contributed by atoms with Crippen molar-refractivity contribution in [2.24, 2.45) is 5.73 Å². The van der Waals surface area contributed by atoms with E-state index in [0.29, 0.717) is 67.5 Å². The van der Waals surface area contributed by atoms with E-state index in [4.69, 9.17) is 10.8 Å². The van der Waals surface area contributed by atoms with E-state index in [1.54, 1.807) is 0 Å². The Hall–Kier alpha value is -8.71. The molecule has 0 saturated heterocycles. The summed E-state index contributed by atoms with van der Waals surface area (Å²) in [6.45, 7) is 14.0. The van der Waals surface area contributed by atoms with Gasteiger partial charge in [-0.05, 0) is 104 Å². The summed E-state index contributed by atoms with van der Waals surface area (Å²) in [7, 11) is -7.00. The van der Waals surface area contributed by atoms with Gasteiger partial charge in [0.25, 0.3) is 0 Å². The number of hydrogen-bond donors (Lipinski definition) is 8. The van der Waals surface area contributed by atoms with Gasteiger partial charge in [0.2, 0.25) is 47.9 Å². The number of rotatable bonds is 31. The molecule has 0 amide bonds. The number of hydrogen-bond acceptors (Lipinski definition) is 24. The fourth-order valence-corrected chi connectivity index (χ4v) is 10.3. The molecule has 0 fully saturated rings. The Kier molecular flexibility index (Phi) is 34.7. The molecule has 3 aromatic heterocycles. The van der Waals surface area contributed by atoms with E-state index in [-0.39, 0.29) is 54.9 Å². The SMILES string of the molecule is CC(C)c1nc(N(C)S(C)(=O)=O)nc(-c2ccc(F)cc2)c1/C=C/[C@@H](O)C[C@@H](O)CC(=O)O.CC(C)c1nc(N(C)S(C)(=O)=O)nc(-c2ccc(F)cc2)c1/C=C/[C@@H](O)C[C@@H](O)CC(=O)[O-].CC(C)c1nc(N(C)S(C)(=O)=O)nc(-c2ccc(F)cc2)c1/C=C/[C@@H](O)C[C@@H](O)CC(=O)[O-].CCCN. The molecule has 0 unspecified atom stereocenters. The third-order valence-electron chi connectivity index (χ3n) is 14.7. The number of aliphatic carboxylic acids is 3. The van der Waals surface area contributed by atoms with Crippen LogP contribution in [0.1, 0.15) is 145 Å². The number of benzene rings is 3. The molecule has 0 aliphatic rings. The lowest BCUT2D eigenvalue weighted by Crippen LogP contribution is -2.29. The zero-order valence-corrected chi connectivity index (χ0v) is 61.8. The van der Waals surface area contributed by atoms with Gasteiger partial charge in [-0.25, -0.2) is 81.2 Å². The third kappa shape index (κ3) is 29.2. The molecular weight excluding hydrogens is 1410 g/mol. The molecule has 103 heavy (non-hydrogen) atoms. The highest BCUT2D eigenvalue weighted by atomic mass is 32.2. The van der Waals surface area contributed by atoms with Crippen molar-refractivity contribution in [2.75, 3.05) is 59.4 Å². The first kappa shape index (κ1) is 88.5. The monoisotopic (exact) mass is 1500 g/mol. The van der Waals surface area contributed by atoms with Crippen molar-refractivity contribution in [2.45, 2.75) is 148 Å². The Morgan fingerprint density at radius 3 is 0.864 bits per heavy atom. The van der Waals surface area contributed by atoms with E-state index in [1.807, 2.05) is 41.5 Å². The number of carbonyl (C=O) groups is 3. The number of aliphatic hydroxyl groups excluding tert-OH is 6. The summed E-state index contributed by atoms with van der Waals surface area (Å²) >= 11 is 0. The van der Waals surface area contributed by atoms with E-state index in [2.05, 4.69) is 36.8 Å². The smallest absolute Gasteiger partial charge is 0.305 e. The van der Waals surface area contributed by atoms with Crippen LogP contribution in [-0.2, 0) is 44.5 Å². The topological polar surface area (TPSA) is 454 Å². The van der Waals surface area contributed by atoms with Gasteiger partial charge in [-0.2, -0.15) is 0 Å². The summed E-state index contributed by atoms with van der Waals surface area (Å²) in [5.74, 6) is -6.15. The number of carboxylic acid groups (broad SMARTS) is 3. The fourth-order valence-electron chi connectivity index (χ4n) is 9.12. The Morgan fingerprint density at radius 2 is 0.680 bits per heavy atom. The van der Waals surface area contributed by atoms with E-state index in [9.17, 15) is 93.7 Å². The minimum atomic E-state index is -3.66. The van der Waals surface area contributed by atoms with Crippen molar-refractivity contribution >= 4 is 84.1 Å². The van der Waals surface area contributed by atoms with Gasteiger partial charge in [0.05, 0.1) is 96.0 Å². The molecule has 34 heteroatoms. The normalized spacial score (nSPS) is 13.7. The largest absolute Gasteiger partial charge is 0.550 e. The van der Waals surface area contributed by atoms with E-state index >= 15 is 0 Å². The van der Waals surface area contributed by atoms with Gasteiger partial charge in [0.1, 0.15) is 17.5 Å². The number of sulfonamides is 3. The number of nitrogens with two attached hydrogens (primary N) is 1. The molecule has 6 rings (SSSR count). The highest BCUT2D eigenvalue weighted by Crippen LogP contribution is 2.35. The number of aliphatic hydroxyl groups is 6. The van der Waals surface area contributed by atoms with Gasteiger partial charge < -0.3 is 61.3 Å². The zero-order valence-electron chi connectivity index (χ0n) is 59.3. The average Bonchev–Trinajstić information content (AvgIpc) is 0.794. The highest BCUT2D eigenvalue weighted by Gasteiger charge is 2.27. The highest BCUT2D eigenvalue weighted by molar-refractivity contribution is 7.92. The van der Waals surface area contributed by atoms with Crippen LogP contribution in [-0.4, -0.2) is 192 Å². The number of nitrogens with zero attached hydrogens (tertiary/aromatic N) is 9. The standard InChI is InChI=1S/3C22H28FN3O6S.C3H9N/c3*1-13(2)20-18(10-9-16(27)11-17(28)12-19(29)30)21(14-5-7-15(23)8-6-14)25-22(24-20)26(3)33(4,31)32;1-2-3-4/h3*5-10,13,16-17,27-28H,11-12H2,1-4H3,(H,29,30);2-4H2,1H3/p-2/b3*10-9+;/t3*16-,17-;/m111./s1. The van der Waals surface area contributed by atoms with Crippen LogP contribution in [0.25, 0.3) is 52.0 Å². The first-order chi connectivity index (χ1) is 47.8. The second kappa shape index (κ2) is 40.4. The molecule has 0 aliphatic heterocycles. The second-order valence-corrected chi connectivity index (χ2v) is 30.7. The Labute approximate surface area is 598 Å². The van der Waals surface area contributed by atoms with Crippen LogP contribution in [0.4, 0.5) is 31.0 Å². The molecule has 0 spiro atoms. The van der Waals surface area contributed by atoms with Crippen molar-refractivity contribution in [1.82, 2.24) is 29.9 Å². The lowest BCUT2D eigenvalue weighted by atomic mass is 9.97. The van der Waals surface area contributed by atoms with Gasteiger partial charge in [0, 0.05) is 98.6 Å². The van der Waals surface area contributed by atoms with Gasteiger partial charge in [-0.3, -0.25) is 4.79 Å². The summed E-state index contributed by atoms with van der Waals surface area (Å²) in [5.41, 5.74) is 10.4. The predicted octanol–water partition coefficient (Wildman–Crippen LogP) is 4.89. The summed E-state index contributed by atoms with van der Waals surface area (Å²) in [5, 5.41) is 89.9. The molecule has 6 atom stereocenters. The summed E-state index contributed by atoms with van der Waals surface area (Å²) in [6, 6.07) is 16.4. The van der Waals surface area contributed by atoms with E-state index in [1.165, 1.54) is 130 Å². The van der Waals surface area contributed by atoms with Crippen molar-refractivity contribution in [3.05, 3.63) is 142 Å². The summed E-state index contributed by atoms with van der Waals surface area (Å²) in [4.78, 5) is 58.4. The maximum Gasteiger partial charge on any atom is 0.305 e. The van der Waals surface area contributed by atoms with Crippen molar-refractivity contribution < 1.29 is 98.8 Å². The first-order valence-corrected chi connectivity index (χ1v) is 37.6. The molecule has 28 nitrogen and oxygen atoms in total. The molecule has 566 valence electrons. The van der Waals surface area contributed by atoms with Crippen LogP contribution in [0.15, 0.2) is 91.0 Å². The Bertz CT molecular complexity index is 3830.